The third-order valence-corrected chi connectivity index (χ3v) is 3.05. The van der Waals surface area contributed by atoms with Gasteiger partial charge in [0.1, 0.15) is 0 Å². The SMILES string of the molecule is CNc1ccc([N+](=O)[O-])cc1C(=O)NNC(=O)c1ccccc1. The highest BCUT2D eigenvalue weighted by Gasteiger charge is 2.17. The molecule has 8 heteroatoms. The monoisotopic (exact) mass is 314 g/mol. The second-order valence-electron chi connectivity index (χ2n) is 4.51. The van der Waals surface area contributed by atoms with Crippen LogP contribution in [0.15, 0.2) is 48.5 Å². The first-order chi connectivity index (χ1) is 11.0. The topological polar surface area (TPSA) is 113 Å². The van der Waals surface area contributed by atoms with Crippen LogP contribution in [0.5, 0.6) is 0 Å². The molecule has 0 spiro atoms. The van der Waals surface area contributed by atoms with Crippen LogP contribution in [-0.4, -0.2) is 23.8 Å². The molecule has 3 N–H and O–H groups in total. The van der Waals surface area contributed by atoms with E-state index in [4.69, 9.17) is 0 Å². The van der Waals surface area contributed by atoms with E-state index in [2.05, 4.69) is 16.2 Å². The van der Waals surface area contributed by atoms with Gasteiger partial charge in [-0.25, -0.2) is 0 Å². The quantitative estimate of drug-likeness (QED) is 0.587. The van der Waals surface area contributed by atoms with Crippen molar-refractivity contribution in [3.8, 4) is 0 Å². The Bertz CT molecular complexity index is 746. The van der Waals surface area contributed by atoms with Gasteiger partial charge in [0.2, 0.25) is 0 Å². The number of hydrogen-bond donors (Lipinski definition) is 3. The lowest BCUT2D eigenvalue weighted by atomic mass is 10.1. The molecule has 2 rings (SSSR count). The van der Waals surface area contributed by atoms with Gasteiger partial charge >= 0.3 is 0 Å². The molecule has 23 heavy (non-hydrogen) atoms. The van der Waals surface area contributed by atoms with E-state index in [1.54, 1.807) is 37.4 Å². The summed E-state index contributed by atoms with van der Waals surface area (Å²) in [6, 6.07) is 12.2. The summed E-state index contributed by atoms with van der Waals surface area (Å²) in [5.41, 5.74) is 5.11. The molecule has 8 nitrogen and oxygen atoms in total. The van der Waals surface area contributed by atoms with Gasteiger partial charge in [-0.05, 0) is 18.2 Å². The van der Waals surface area contributed by atoms with E-state index in [0.717, 1.165) is 6.07 Å². The predicted octanol–water partition coefficient (Wildman–Crippen LogP) is 1.71. The van der Waals surface area contributed by atoms with Crippen molar-refractivity contribution < 1.29 is 14.5 Å². The number of hydrogen-bond acceptors (Lipinski definition) is 5. The van der Waals surface area contributed by atoms with Crippen LogP contribution in [0.1, 0.15) is 20.7 Å². The van der Waals surface area contributed by atoms with Crippen LogP contribution in [0.3, 0.4) is 0 Å². The summed E-state index contributed by atoms with van der Waals surface area (Å²) in [5.74, 6) is -1.15. The van der Waals surface area contributed by atoms with Gasteiger partial charge < -0.3 is 5.32 Å². The van der Waals surface area contributed by atoms with E-state index in [0.29, 0.717) is 11.3 Å². The van der Waals surface area contributed by atoms with Crippen LogP contribution in [0.2, 0.25) is 0 Å². The first-order valence-corrected chi connectivity index (χ1v) is 6.65. The molecule has 0 radical (unpaired) electrons. The summed E-state index contributed by atoms with van der Waals surface area (Å²) in [6.07, 6.45) is 0. The lowest BCUT2D eigenvalue weighted by molar-refractivity contribution is -0.384. The van der Waals surface area contributed by atoms with Crippen LogP contribution in [-0.2, 0) is 0 Å². The first kappa shape index (κ1) is 16.0. The Hall–Kier alpha value is -3.42. The first-order valence-electron chi connectivity index (χ1n) is 6.65. The highest BCUT2D eigenvalue weighted by atomic mass is 16.6. The second kappa shape index (κ2) is 7.03. The van der Waals surface area contributed by atoms with E-state index < -0.39 is 16.7 Å². The molecular formula is C15H14N4O4. The normalized spacial score (nSPS) is 9.78. The number of hydrazine groups is 1. The number of nitrogens with zero attached hydrogens (tertiary/aromatic N) is 1. The molecule has 0 atom stereocenters. The average Bonchev–Trinajstić information content (AvgIpc) is 2.59. The maximum Gasteiger partial charge on any atom is 0.272 e. The van der Waals surface area contributed by atoms with Crippen molar-refractivity contribution in [1.29, 1.82) is 0 Å². The highest BCUT2D eigenvalue weighted by molar-refractivity contribution is 6.02. The fourth-order valence-corrected chi connectivity index (χ4v) is 1.89. The highest BCUT2D eigenvalue weighted by Crippen LogP contribution is 2.21. The molecule has 0 saturated heterocycles. The third kappa shape index (κ3) is 3.82. The standard InChI is InChI=1S/C15H14N4O4/c1-16-13-8-7-11(19(22)23)9-12(13)15(21)18-17-14(20)10-5-3-2-4-6-10/h2-9,16H,1H3,(H,17,20)(H,18,21). The van der Waals surface area contributed by atoms with Gasteiger partial charge in [0.25, 0.3) is 17.5 Å². The number of amides is 2. The van der Waals surface area contributed by atoms with Crippen LogP contribution < -0.4 is 16.2 Å². The zero-order chi connectivity index (χ0) is 16.8. The van der Waals surface area contributed by atoms with Crippen molar-refractivity contribution in [2.24, 2.45) is 0 Å². The number of carbonyl (C=O) groups is 2. The molecule has 0 fully saturated rings. The number of rotatable bonds is 4. The van der Waals surface area contributed by atoms with E-state index in [9.17, 15) is 19.7 Å². The Morgan fingerprint density at radius 1 is 1.00 bits per heavy atom. The molecule has 118 valence electrons. The number of carbonyl (C=O) groups excluding carboxylic acids is 2. The van der Waals surface area contributed by atoms with Crippen molar-refractivity contribution in [2.45, 2.75) is 0 Å². The van der Waals surface area contributed by atoms with E-state index in [1.807, 2.05) is 0 Å². The Labute approximate surface area is 131 Å². The van der Waals surface area contributed by atoms with E-state index in [1.165, 1.54) is 12.1 Å². The molecule has 2 aromatic rings. The minimum Gasteiger partial charge on any atom is -0.387 e. The van der Waals surface area contributed by atoms with Gasteiger partial charge in [-0.2, -0.15) is 0 Å². The summed E-state index contributed by atoms with van der Waals surface area (Å²) in [4.78, 5) is 34.2. The largest absolute Gasteiger partial charge is 0.387 e. The van der Waals surface area contributed by atoms with E-state index in [-0.39, 0.29) is 11.3 Å². The Morgan fingerprint density at radius 3 is 2.26 bits per heavy atom. The number of nitro benzene ring substituents is 1. The van der Waals surface area contributed by atoms with Crippen molar-refractivity contribution in [2.75, 3.05) is 12.4 Å². The van der Waals surface area contributed by atoms with Gasteiger partial charge in [0.05, 0.1) is 10.5 Å². The maximum absolute atomic E-state index is 12.1. The maximum atomic E-state index is 12.1. The second-order valence-corrected chi connectivity index (χ2v) is 4.51. The minimum atomic E-state index is -0.665. The van der Waals surface area contributed by atoms with Crippen molar-refractivity contribution in [3.63, 3.8) is 0 Å². The van der Waals surface area contributed by atoms with Crippen LogP contribution in [0.4, 0.5) is 11.4 Å². The fourth-order valence-electron chi connectivity index (χ4n) is 1.89. The molecular weight excluding hydrogens is 300 g/mol. The lowest BCUT2D eigenvalue weighted by Gasteiger charge is -2.10. The van der Waals surface area contributed by atoms with Crippen molar-refractivity contribution in [1.82, 2.24) is 10.9 Å². The summed E-state index contributed by atoms with van der Waals surface area (Å²) in [6.45, 7) is 0. The Balaban J connectivity index is 2.12. The van der Waals surface area contributed by atoms with Gasteiger partial charge in [0, 0.05) is 30.4 Å². The average molecular weight is 314 g/mol. The van der Waals surface area contributed by atoms with Crippen molar-refractivity contribution >= 4 is 23.2 Å². The molecule has 0 aliphatic carbocycles. The summed E-state index contributed by atoms with van der Waals surface area (Å²) in [7, 11) is 1.58. The molecule has 2 aromatic carbocycles. The molecule has 0 aromatic heterocycles. The lowest BCUT2D eigenvalue weighted by Crippen LogP contribution is -2.41. The Kier molecular flexibility index (Phi) is 4.88. The molecule has 0 aliphatic heterocycles. The number of benzene rings is 2. The number of non-ortho nitro benzene ring substituents is 1. The van der Waals surface area contributed by atoms with Gasteiger partial charge in [0.15, 0.2) is 0 Å². The van der Waals surface area contributed by atoms with E-state index >= 15 is 0 Å². The van der Waals surface area contributed by atoms with Gasteiger partial charge in [-0.1, -0.05) is 18.2 Å². The third-order valence-electron chi connectivity index (χ3n) is 3.05. The molecule has 0 saturated carbocycles. The number of nitrogens with one attached hydrogen (secondary N) is 3. The molecule has 0 aliphatic rings. The minimum absolute atomic E-state index is 0.0510. The smallest absolute Gasteiger partial charge is 0.272 e. The summed E-state index contributed by atoms with van der Waals surface area (Å²) >= 11 is 0. The number of anilines is 1. The molecule has 2 amide bonds. The summed E-state index contributed by atoms with van der Waals surface area (Å²) in [5, 5.41) is 13.6. The number of nitro groups is 1. The van der Waals surface area contributed by atoms with Crippen LogP contribution in [0.25, 0.3) is 0 Å². The molecule has 0 bridgehead atoms. The summed E-state index contributed by atoms with van der Waals surface area (Å²) < 4.78 is 0. The zero-order valence-corrected chi connectivity index (χ0v) is 12.2. The van der Waals surface area contributed by atoms with Crippen LogP contribution in [0, 0.1) is 10.1 Å². The van der Waals surface area contributed by atoms with Crippen LogP contribution >= 0.6 is 0 Å². The molecule has 0 heterocycles. The Morgan fingerprint density at radius 2 is 1.65 bits per heavy atom. The van der Waals surface area contributed by atoms with Crippen molar-refractivity contribution in [3.05, 3.63) is 69.8 Å². The zero-order valence-electron chi connectivity index (χ0n) is 12.2. The fraction of sp³-hybridized carbons (Fsp3) is 0.0667. The van der Waals surface area contributed by atoms with Gasteiger partial charge in [-0.3, -0.25) is 30.6 Å². The molecule has 0 unspecified atom stereocenters. The van der Waals surface area contributed by atoms with Gasteiger partial charge in [-0.15, -0.1) is 0 Å². The predicted molar refractivity (Wildman–Crippen MR) is 84.0 cm³/mol.